The fourth-order valence-corrected chi connectivity index (χ4v) is 3.66. The van der Waals surface area contributed by atoms with Gasteiger partial charge < -0.3 is 10.6 Å². The second kappa shape index (κ2) is 8.57. The number of rotatable bonds is 5. The maximum atomic E-state index is 13.5. The third kappa shape index (κ3) is 4.60. The summed E-state index contributed by atoms with van der Waals surface area (Å²) < 4.78 is 13.5. The lowest BCUT2D eigenvalue weighted by molar-refractivity contribution is 0.461. The summed E-state index contributed by atoms with van der Waals surface area (Å²) >= 11 is 5.91. The molecule has 0 aliphatic heterocycles. The molecule has 0 unspecified atom stereocenters. The zero-order chi connectivity index (χ0) is 19.3. The van der Waals surface area contributed by atoms with Crippen molar-refractivity contribution < 1.29 is 4.39 Å². The average molecular weight is 397 g/mol. The van der Waals surface area contributed by atoms with E-state index in [9.17, 15) is 4.39 Å². The highest BCUT2D eigenvalue weighted by Crippen LogP contribution is 2.27. The van der Waals surface area contributed by atoms with Crippen molar-refractivity contribution in [1.29, 1.82) is 0 Å². The summed E-state index contributed by atoms with van der Waals surface area (Å²) in [4.78, 5) is 9.35. The van der Waals surface area contributed by atoms with Gasteiger partial charge in [-0.05, 0) is 31.0 Å². The van der Waals surface area contributed by atoms with Gasteiger partial charge in [0, 0.05) is 23.4 Å². The van der Waals surface area contributed by atoms with Gasteiger partial charge in [0.15, 0.2) is 0 Å². The van der Waals surface area contributed by atoms with Crippen LogP contribution in [-0.2, 0) is 0 Å². The first-order valence-corrected chi connectivity index (χ1v) is 9.98. The smallest absolute Gasteiger partial charge is 0.225 e. The van der Waals surface area contributed by atoms with E-state index in [-0.39, 0.29) is 5.02 Å². The summed E-state index contributed by atoms with van der Waals surface area (Å²) in [6, 6.07) is 16.8. The van der Waals surface area contributed by atoms with Crippen LogP contribution in [0.2, 0.25) is 5.02 Å². The van der Waals surface area contributed by atoms with Crippen molar-refractivity contribution in [2.75, 3.05) is 10.6 Å². The van der Waals surface area contributed by atoms with Gasteiger partial charge in [0.1, 0.15) is 11.6 Å². The molecule has 0 spiro atoms. The normalized spacial score (nSPS) is 14.6. The van der Waals surface area contributed by atoms with Crippen molar-refractivity contribution in [2.45, 2.75) is 38.1 Å². The summed E-state index contributed by atoms with van der Waals surface area (Å²) in [5.41, 5.74) is 2.51. The Balaban J connectivity index is 1.65. The van der Waals surface area contributed by atoms with Crippen LogP contribution >= 0.6 is 11.6 Å². The Bertz CT molecular complexity index is 943. The molecule has 144 valence electrons. The number of halogens is 2. The van der Waals surface area contributed by atoms with Crippen LogP contribution in [0, 0.1) is 5.82 Å². The number of anilines is 3. The monoisotopic (exact) mass is 396 g/mol. The van der Waals surface area contributed by atoms with Gasteiger partial charge >= 0.3 is 0 Å². The zero-order valence-electron chi connectivity index (χ0n) is 15.5. The van der Waals surface area contributed by atoms with Gasteiger partial charge in [-0.2, -0.15) is 4.98 Å². The summed E-state index contributed by atoms with van der Waals surface area (Å²) in [5, 5.41) is 6.78. The molecule has 0 amide bonds. The summed E-state index contributed by atoms with van der Waals surface area (Å²) in [6.07, 6.45) is 6.02. The molecule has 4 nitrogen and oxygen atoms in total. The maximum Gasteiger partial charge on any atom is 0.225 e. The molecule has 28 heavy (non-hydrogen) atoms. The van der Waals surface area contributed by atoms with Gasteiger partial charge in [-0.15, -0.1) is 0 Å². The highest BCUT2D eigenvalue weighted by atomic mass is 35.5. The van der Waals surface area contributed by atoms with Crippen LogP contribution in [0.25, 0.3) is 11.3 Å². The molecule has 0 bridgehead atoms. The van der Waals surface area contributed by atoms with Crippen LogP contribution in [0.3, 0.4) is 0 Å². The molecule has 1 heterocycles. The molecule has 0 radical (unpaired) electrons. The number of benzene rings is 2. The predicted octanol–water partition coefficient (Wildman–Crippen LogP) is 6.42. The van der Waals surface area contributed by atoms with E-state index in [1.807, 2.05) is 36.4 Å². The van der Waals surface area contributed by atoms with Crippen LogP contribution in [0.5, 0.6) is 0 Å². The molecule has 1 fully saturated rings. The molecule has 1 aliphatic rings. The number of nitrogens with one attached hydrogen (secondary N) is 2. The number of hydrogen-bond donors (Lipinski definition) is 2. The first-order chi connectivity index (χ1) is 13.7. The van der Waals surface area contributed by atoms with Gasteiger partial charge in [0.05, 0.1) is 10.7 Å². The first kappa shape index (κ1) is 18.7. The fraction of sp³-hybridized carbons (Fsp3) is 0.273. The van der Waals surface area contributed by atoms with Crippen molar-refractivity contribution in [1.82, 2.24) is 9.97 Å². The van der Waals surface area contributed by atoms with E-state index in [1.54, 1.807) is 12.1 Å². The van der Waals surface area contributed by atoms with Gasteiger partial charge in [0.25, 0.3) is 0 Å². The molecule has 3 aromatic rings. The van der Waals surface area contributed by atoms with Crippen molar-refractivity contribution in [3.8, 4) is 11.3 Å². The first-order valence-electron chi connectivity index (χ1n) is 9.60. The number of hydrogen-bond acceptors (Lipinski definition) is 4. The van der Waals surface area contributed by atoms with Crippen LogP contribution < -0.4 is 10.6 Å². The maximum absolute atomic E-state index is 13.5. The molecular weight excluding hydrogens is 375 g/mol. The van der Waals surface area contributed by atoms with Crippen molar-refractivity contribution >= 4 is 29.1 Å². The Kier molecular flexibility index (Phi) is 5.72. The van der Waals surface area contributed by atoms with E-state index in [0.717, 1.165) is 24.1 Å². The van der Waals surface area contributed by atoms with Crippen LogP contribution in [0.1, 0.15) is 32.1 Å². The Morgan fingerprint density at radius 2 is 1.71 bits per heavy atom. The van der Waals surface area contributed by atoms with Crippen molar-refractivity contribution in [3.63, 3.8) is 0 Å². The molecule has 6 heteroatoms. The lowest BCUT2D eigenvalue weighted by Gasteiger charge is -2.23. The third-order valence-electron chi connectivity index (χ3n) is 4.93. The molecule has 1 aromatic heterocycles. The zero-order valence-corrected chi connectivity index (χ0v) is 16.2. The minimum absolute atomic E-state index is 0.0721. The van der Waals surface area contributed by atoms with E-state index < -0.39 is 5.82 Å². The quantitative estimate of drug-likeness (QED) is 0.522. The molecular formula is C22H22ClFN4. The molecule has 2 N–H and O–H groups in total. The lowest BCUT2D eigenvalue weighted by atomic mass is 9.96. The average Bonchev–Trinajstić information content (AvgIpc) is 2.72. The standard InChI is InChI=1S/C22H22ClFN4/c23-18-13-17(11-12-19(18)24)25-21-14-20(15-7-3-1-4-8-15)27-22(28-21)26-16-9-5-2-6-10-16/h1,3-4,7-8,11-14,16H,2,5-6,9-10H2,(H2,25,26,27,28). The highest BCUT2D eigenvalue weighted by Gasteiger charge is 2.15. The van der Waals surface area contributed by atoms with Gasteiger partial charge in [0.2, 0.25) is 5.95 Å². The Morgan fingerprint density at radius 1 is 0.929 bits per heavy atom. The highest BCUT2D eigenvalue weighted by molar-refractivity contribution is 6.31. The Morgan fingerprint density at radius 3 is 2.46 bits per heavy atom. The van der Waals surface area contributed by atoms with Crippen molar-refractivity contribution in [3.05, 3.63) is 65.4 Å². The number of aromatic nitrogens is 2. The van der Waals surface area contributed by atoms with Crippen LogP contribution in [0.15, 0.2) is 54.6 Å². The van der Waals surface area contributed by atoms with Gasteiger partial charge in [-0.3, -0.25) is 0 Å². The minimum atomic E-state index is -0.445. The van der Waals surface area contributed by atoms with Gasteiger partial charge in [-0.1, -0.05) is 61.2 Å². The van der Waals surface area contributed by atoms with Gasteiger partial charge in [-0.25, -0.2) is 9.37 Å². The largest absolute Gasteiger partial charge is 0.351 e. The van der Waals surface area contributed by atoms with E-state index in [4.69, 9.17) is 16.6 Å². The summed E-state index contributed by atoms with van der Waals surface area (Å²) in [6.45, 7) is 0. The van der Waals surface area contributed by atoms with E-state index in [1.165, 1.54) is 25.3 Å². The lowest BCUT2D eigenvalue weighted by Crippen LogP contribution is -2.23. The van der Waals surface area contributed by atoms with Crippen LogP contribution in [0.4, 0.5) is 21.8 Å². The summed E-state index contributed by atoms with van der Waals surface area (Å²) in [5.74, 6) is 0.790. The van der Waals surface area contributed by atoms with E-state index in [0.29, 0.717) is 23.5 Å². The predicted molar refractivity (Wildman–Crippen MR) is 113 cm³/mol. The minimum Gasteiger partial charge on any atom is -0.351 e. The SMILES string of the molecule is Fc1ccc(Nc2cc(-c3ccccc3)nc(NC3CCCCC3)n2)cc1Cl. The van der Waals surface area contributed by atoms with Crippen molar-refractivity contribution in [2.24, 2.45) is 0 Å². The molecule has 0 saturated heterocycles. The fourth-order valence-electron chi connectivity index (χ4n) is 3.48. The molecule has 4 rings (SSSR count). The second-order valence-corrected chi connectivity index (χ2v) is 7.47. The number of nitrogens with zero attached hydrogens (tertiary/aromatic N) is 2. The summed E-state index contributed by atoms with van der Waals surface area (Å²) in [7, 11) is 0. The molecule has 1 aliphatic carbocycles. The Labute approximate surface area is 169 Å². The Hall–Kier alpha value is -2.66. The molecule has 1 saturated carbocycles. The molecule has 0 atom stereocenters. The second-order valence-electron chi connectivity index (χ2n) is 7.06. The van der Waals surface area contributed by atoms with E-state index in [2.05, 4.69) is 15.6 Å². The molecule has 2 aromatic carbocycles. The third-order valence-corrected chi connectivity index (χ3v) is 5.22. The van der Waals surface area contributed by atoms with E-state index >= 15 is 0 Å². The topological polar surface area (TPSA) is 49.8 Å². The van der Waals surface area contributed by atoms with Crippen LogP contribution in [-0.4, -0.2) is 16.0 Å².